The third-order valence-electron chi connectivity index (χ3n) is 2.86. The second-order valence-corrected chi connectivity index (χ2v) is 5.16. The van der Waals surface area contributed by atoms with E-state index >= 15 is 0 Å². The van der Waals surface area contributed by atoms with E-state index in [1.807, 2.05) is 30.5 Å². The molecule has 0 aromatic heterocycles. The molecule has 2 nitrogen and oxygen atoms in total. The highest BCUT2D eigenvalue weighted by Gasteiger charge is 2.25. The molecule has 0 fully saturated rings. The van der Waals surface area contributed by atoms with E-state index in [4.69, 9.17) is 10.5 Å². The Bertz CT molecular complexity index is 423. The van der Waals surface area contributed by atoms with Gasteiger partial charge in [-0.3, -0.25) is 0 Å². The van der Waals surface area contributed by atoms with Gasteiger partial charge in [0, 0.05) is 10.8 Å². The van der Waals surface area contributed by atoms with Crippen LogP contribution in [-0.4, -0.2) is 6.26 Å². The first kappa shape index (κ1) is 13.6. The van der Waals surface area contributed by atoms with Crippen molar-refractivity contribution in [2.45, 2.75) is 24.7 Å². The molecule has 1 rings (SSSR count). The van der Waals surface area contributed by atoms with E-state index in [2.05, 4.69) is 26.0 Å². The molecule has 0 saturated carbocycles. The third kappa shape index (κ3) is 3.25. The standard InChI is InChI=1S/C14H16N2S/c1-10(2)14(12(8-15)9-16)11-4-6-13(17-3)7-5-11/h4-7,10,12,14H,1-3H3. The summed E-state index contributed by atoms with van der Waals surface area (Å²) in [5, 5.41) is 18.1. The minimum absolute atomic E-state index is 0.0130. The first-order valence-corrected chi connectivity index (χ1v) is 6.79. The summed E-state index contributed by atoms with van der Waals surface area (Å²) in [6.45, 7) is 4.10. The number of benzene rings is 1. The lowest BCUT2D eigenvalue weighted by molar-refractivity contribution is 0.454. The molecule has 17 heavy (non-hydrogen) atoms. The van der Waals surface area contributed by atoms with Gasteiger partial charge in [-0.25, -0.2) is 0 Å². The molecule has 1 atom stereocenters. The molecule has 0 N–H and O–H groups in total. The fourth-order valence-corrected chi connectivity index (χ4v) is 2.39. The van der Waals surface area contributed by atoms with Crippen molar-refractivity contribution >= 4 is 11.8 Å². The number of hydrogen-bond acceptors (Lipinski definition) is 3. The Hall–Kier alpha value is -1.45. The largest absolute Gasteiger partial charge is 0.197 e. The quantitative estimate of drug-likeness (QED) is 0.757. The lowest BCUT2D eigenvalue weighted by Crippen LogP contribution is -2.15. The van der Waals surface area contributed by atoms with Crippen LogP contribution < -0.4 is 0 Å². The molecule has 0 aliphatic carbocycles. The smallest absolute Gasteiger partial charge is 0.140 e. The first-order chi connectivity index (χ1) is 8.13. The minimum Gasteiger partial charge on any atom is -0.197 e. The number of hydrogen-bond donors (Lipinski definition) is 0. The number of nitrogens with zero attached hydrogens (tertiary/aromatic N) is 2. The second-order valence-electron chi connectivity index (χ2n) is 4.28. The molecule has 88 valence electrons. The molecular formula is C14H16N2S. The van der Waals surface area contributed by atoms with E-state index in [1.54, 1.807) is 11.8 Å². The van der Waals surface area contributed by atoms with Crippen LogP contribution in [0.5, 0.6) is 0 Å². The topological polar surface area (TPSA) is 47.6 Å². The van der Waals surface area contributed by atoms with Gasteiger partial charge in [0.05, 0.1) is 12.1 Å². The van der Waals surface area contributed by atoms with Crippen LogP contribution >= 0.6 is 11.8 Å². The maximum Gasteiger partial charge on any atom is 0.140 e. The summed E-state index contributed by atoms with van der Waals surface area (Å²) in [7, 11) is 0. The van der Waals surface area contributed by atoms with Crippen molar-refractivity contribution in [2.24, 2.45) is 11.8 Å². The molecule has 1 unspecified atom stereocenters. The molecule has 0 aliphatic rings. The van der Waals surface area contributed by atoms with Crippen molar-refractivity contribution in [3.8, 4) is 12.1 Å². The molecule has 0 amide bonds. The van der Waals surface area contributed by atoms with Gasteiger partial charge in [0.2, 0.25) is 0 Å². The monoisotopic (exact) mass is 244 g/mol. The summed E-state index contributed by atoms with van der Waals surface area (Å²) in [6.07, 6.45) is 2.03. The number of rotatable bonds is 4. The summed E-state index contributed by atoms with van der Waals surface area (Å²) in [4.78, 5) is 1.20. The molecule has 3 heteroatoms. The molecule has 0 saturated heterocycles. The van der Waals surface area contributed by atoms with Crippen LogP contribution in [0, 0.1) is 34.5 Å². The van der Waals surface area contributed by atoms with Crippen LogP contribution in [0.2, 0.25) is 0 Å². The van der Waals surface area contributed by atoms with E-state index in [-0.39, 0.29) is 11.8 Å². The van der Waals surface area contributed by atoms with Crippen molar-refractivity contribution in [3.63, 3.8) is 0 Å². The maximum absolute atomic E-state index is 9.03. The zero-order chi connectivity index (χ0) is 12.8. The highest BCUT2D eigenvalue weighted by molar-refractivity contribution is 7.98. The van der Waals surface area contributed by atoms with Crippen LogP contribution in [0.15, 0.2) is 29.2 Å². The van der Waals surface area contributed by atoms with Crippen molar-refractivity contribution in [2.75, 3.05) is 6.26 Å². The molecule has 0 aliphatic heterocycles. The Morgan fingerprint density at radius 2 is 1.59 bits per heavy atom. The zero-order valence-electron chi connectivity index (χ0n) is 10.3. The van der Waals surface area contributed by atoms with Gasteiger partial charge >= 0.3 is 0 Å². The van der Waals surface area contributed by atoms with Gasteiger partial charge in [0.1, 0.15) is 5.92 Å². The minimum atomic E-state index is -0.574. The van der Waals surface area contributed by atoms with Gasteiger partial charge in [-0.2, -0.15) is 10.5 Å². The van der Waals surface area contributed by atoms with Crippen LogP contribution in [0.3, 0.4) is 0 Å². The van der Waals surface area contributed by atoms with Crippen LogP contribution in [-0.2, 0) is 0 Å². The number of thioether (sulfide) groups is 1. The first-order valence-electron chi connectivity index (χ1n) is 5.57. The molecule has 1 aromatic rings. The third-order valence-corrected chi connectivity index (χ3v) is 3.60. The molecular weight excluding hydrogens is 228 g/mol. The highest BCUT2D eigenvalue weighted by Crippen LogP contribution is 2.32. The molecule has 1 aromatic carbocycles. The predicted molar refractivity (Wildman–Crippen MR) is 70.5 cm³/mol. The molecule has 0 radical (unpaired) electrons. The van der Waals surface area contributed by atoms with Crippen molar-refractivity contribution in [3.05, 3.63) is 29.8 Å². The van der Waals surface area contributed by atoms with Gasteiger partial charge in [-0.05, 0) is 29.9 Å². The lowest BCUT2D eigenvalue weighted by atomic mass is 9.80. The SMILES string of the molecule is CSc1ccc(C(C(C)C)C(C#N)C#N)cc1. The Kier molecular flexibility index (Phi) is 5.07. The zero-order valence-corrected chi connectivity index (χ0v) is 11.2. The second kappa shape index (κ2) is 6.33. The fraction of sp³-hybridized carbons (Fsp3) is 0.429. The van der Waals surface area contributed by atoms with Gasteiger partial charge < -0.3 is 0 Å². The Morgan fingerprint density at radius 3 is 1.94 bits per heavy atom. The maximum atomic E-state index is 9.03. The molecule has 0 heterocycles. The average molecular weight is 244 g/mol. The Balaban J connectivity index is 3.07. The Morgan fingerprint density at radius 1 is 1.06 bits per heavy atom. The van der Waals surface area contributed by atoms with Gasteiger partial charge in [0.15, 0.2) is 0 Å². The summed E-state index contributed by atoms with van der Waals surface area (Å²) in [5.74, 6) is -0.310. The summed E-state index contributed by atoms with van der Waals surface area (Å²) in [5.41, 5.74) is 1.07. The molecule has 0 spiro atoms. The predicted octanol–water partition coefficient (Wildman–Crippen LogP) is 3.81. The van der Waals surface area contributed by atoms with Crippen LogP contribution in [0.4, 0.5) is 0 Å². The molecule has 0 bridgehead atoms. The summed E-state index contributed by atoms with van der Waals surface area (Å²) < 4.78 is 0. The average Bonchev–Trinajstić information content (AvgIpc) is 2.35. The van der Waals surface area contributed by atoms with Gasteiger partial charge in [-0.1, -0.05) is 26.0 Å². The van der Waals surface area contributed by atoms with Crippen molar-refractivity contribution < 1.29 is 0 Å². The van der Waals surface area contributed by atoms with E-state index in [1.165, 1.54) is 4.90 Å². The lowest BCUT2D eigenvalue weighted by Gasteiger charge is -2.22. The van der Waals surface area contributed by atoms with E-state index < -0.39 is 5.92 Å². The highest BCUT2D eigenvalue weighted by atomic mass is 32.2. The van der Waals surface area contributed by atoms with Crippen molar-refractivity contribution in [1.29, 1.82) is 10.5 Å². The number of nitriles is 2. The van der Waals surface area contributed by atoms with E-state index in [9.17, 15) is 0 Å². The van der Waals surface area contributed by atoms with Crippen LogP contribution in [0.25, 0.3) is 0 Å². The van der Waals surface area contributed by atoms with Crippen molar-refractivity contribution in [1.82, 2.24) is 0 Å². The summed E-state index contributed by atoms with van der Waals surface area (Å²) >= 11 is 1.69. The van der Waals surface area contributed by atoms with Crippen LogP contribution in [0.1, 0.15) is 25.3 Å². The Labute approximate surface area is 107 Å². The van der Waals surface area contributed by atoms with E-state index in [0.29, 0.717) is 0 Å². The summed E-state index contributed by atoms with van der Waals surface area (Å²) in [6, 6.07) is 12.3. The fourth-order valence-electron chi connectivity index (χ4n) is 1.98. The van der Waals surface area contributed by atoms with Gasteiger partial charge in [0.25, 0.3) is 0 Å². The van der Waals surface area contributed by atoms with E-state index in [0.717, 1.165) is 5.56 Å². The normalized spacial score (nSPS) is 12.2. The van der Waals surface area contributed by atoms with Gasteiger partial charge in [-0.15, -0.1) is 11.8 Å².